The summed E-state index contributed by atoms with van der Waals surface area (Å²) >= 11 is 2.85. The summed E-state index contributed by atoms with van der Waals surface area (Å²) in [7, 11) is 0. The first kappa shape index (κ1) is 17.7. The monoisotopic (exact) mass is 390 g/mol. The fourth-order valence-corrected chi connectivity index (χ4v) is 5.62. The van der Waals surface area contributed by atoms with Gasteiger partial charge in [0.1, 0.15) is 10.6 Å². The first-order chi connectivity index (χ1) is 12.6. The summed E-state index contributed by atoms with van der Waals surface area (Å²) in [5, 5.41) is 10.2. The van der Waals surface area contributed by atoms with Gasteiger partial charge in [0.2, 0.25) is 0 Å². The lowest BCUT2D eigenvalue weighted by Gasteiger charge is -2.18. The molecule has 0 radical (unpaired) electrons. The van der Waals surface area contributed by atoms with Crippen LogP contribution in [-0.4, -0.2) is 27.0 Å². The Morgan fingerprint density at radius 2 is 2.23 bits per heavy atom. The first-order valence-corrected chi connectivity index (χ1v) is 10.5. The minimum absolute atomic E-state index is 0.0334. The number of rotatable bonds is 4. The van der Waals surface area contributed by atoms with Gasteiger partial charge in [0.25, 0.3) is 5.56 Å². The summed E-state index contributed by atoms with van der Waals surface area (Å²) in [6, 6.07) is 6.25. The number of aromatic nitrogens is 2. The van der Waals surface area contributed by atoms with E-state index in [1.54, 1.807) is 29.5 Å². The molecular weight excluding hydrogens is 371 g/mol. The van der Waals surface area contributed by atoms with Crippen LogP contribution < -0.4 is 5.56 Å². The second-order valence-electron chi connectivity index (χ2n) is 6.59. The van der Waals surface area contributed by atoms with E-state index in [4.69, 9.17) is 0 Å². The van der Waals surface area contributed by atoms with Crippen LogP contribution in [0.15, 0.2) is 34.2 Å². The smallest absolute Gasteiger partial charge is 0.267 e. The molecule has 0 spiro atoms. The fraction of sp³-hybridized carbons (Fsp3) is 0.368. The lowest BCUT2D eigenvalue weighted by Crippen LogP contribution is -2.23. The SMILES string of the molecule is C[C@@H]1CCc2c(sc3nc(SCCO)n(-c4ccccc4F)c(=O)c23)C1. The Morgan fingerprint density at radius 3 is 3.00 bits per heavy atom. The fourth-order valence-electron chi connectivity index (χ4n) is 3.45. The number of benzene rings is 1. The number of hydrogen-bond acceptors (Lipinski definition) is 5. The summed E-state index contributed by atoms with van der Waals surface area (Å²) < 4.78 is 15.8. The highest BCUT2D eigenvalue weighted by Crippen LogP contribution is 2.37. The minimum atomic E-state index is -0.459. The van der Waals surface area contributed by atoms with Crippen molar-refractivity contribution in [2.24, 2.45) is 5.92 Å². The van der Waals surface area contributed by atoms with Crippen LogP contribution in [0.5, 0.6) is 0 Å². The molecule has 4 rings (SSSR count). The highest BCUT2D eigenvalue weighted by Gasteiger charge is 2.25. The van der Waals surface area contributed by atoms with Crippen molar-refractivity contribution in [3.8, 4) is 5.69 Å². The van der Waals surface area contributed by atoms with Gasteiger partial charge in [0.15, 0.2) is 5.16 Å². The zero-order chi connectivity index (χ0) is 18.3. The molecule has 3 aromatic rings. The summed E-state index contributed by atoms with van der Waals surface area (Å²) in [4.78, 5) is 20.0. The van der Waals surface area contributed by atoms with Gasteiger partial charge in [-0.2, -0.15) is 0 Å². The molecule has 2 heterocycles. The number of hydrogen-bond donors (Lipinski definition) is 1. The molecule has 0 saturated heterocycles. The number of para-hydroxylation sites is 1. The molecule has 136 valence electrons. The second-order valence-corrected chi connectivity index (χ2v) is 8.74. The van der Waals surface area contributed by atoms with Crippen molar-refractivity contribution in [2.45, 2.75) is 31.3 Å². The van der Waals surface area contributed by atoms with E-state index in [0.29, 0.717) is 22.2 Å². The summed E-state index contributed by atoms with van der Waals surface area (Å²) in [5.74, 6) is 0.543. The molecule has 0 bridgehead atoms. The van der Waals surface area contributed by atoms with E-state index < -0.39 is 5.82 Å². The van der Waals surface area contributed by atoms with Gasteiger partial charge >= 0.3 is 0 Å². The number of thiophene rings is 1. The second kappa shape index (κ2) is 7.13. The summed E-state index contributed by atoms with van der Waals surface area (Å²) in [6.45, 7) is 2.19. The third kappa shape index (κ3) is 2.98. The van der Waals surface area contributed by atoms with Crippen LogP contribution in [0.3, 0.4) is 0 Å². The predicted molar refractivity (Wildman–Crippen MR) is 104 cm³/mol. The third-order valence-corrected chi connectivity index (χ3v) is 6.78. The number of aryl methyl sites for hydroxylation is 1. The number of thioether (sulfide) groups is 1. The van der Waals surface area contributed by atoms with Gasteiger partial charge in [-0.1, -0.05) is 30.8 Å². The molecule has 1 aliphatic carbocycles. The average Bonchev–Trinajstić information content (AvgIpc) is 2.98. The number of fused-ring (bicyclic) bond motifs is 3. The molecule has 0 amide bonds. The minimum Gasteiger partial charge on any atom is -0.396 e. The first-order valence-electron chi connectivity index (χ1n) is 8.66. The number of aliphatic hydroxyl groups is 1. The predicted octanol–water partition coefficient (Wildman–Crippen LogP) is 3.80. The quantitative estimate of drug-likeness (QED) is 0.544. The maximum atomic E-state index is 14.4. The Balaban J connectivity index is 2.00. The molecule has 0 unspecified atom stereocenters. The zero-order valence-electron chi connectivity index (χ0n) is 14.4. The van der Waals surface area contributed by atoms with Crippen molar-refractivity contribution in [1.82, 2.24) is 9.55 Å². The van der Waals surface area contributed by atoms with Crippen molar-refractivity contribution in [1.29, 1.82) is 0 Å². The Labute approximate surface area is 158 Å². The van der Waals surface area contributed by atoms with Gasteiger partial charge in [-0.3, -0.25) is 9.36 Å². The Hall–Kier alpha value is -1.70. The van der Waals surface area contributed by atoms with Gasteiger partial charge in [-0.05, 0) is 42.9 Å². The van der Waals surface area contributed by atoms with Crippen molar-refractivity contribution in [2.75, 3.05) is 12.4 Å². The molecule has 1 N–H and O–H groups in total. The van der Waals surface area contributed by atoms with Crippen molar-refractivity contribution in [3.63, 3.8) is 0 Å². The topological polar surface area (TPSA) is 55.1 Å². The molecule has 7 heteroatoms. The van der Waals surface area contributed by atoms with Crippen LogP contribution in [0.4, 0.5) is 4.39 Å². The molecule has 0 aliphatic heterocycles. The van der Waals surface area contributed by atoms with Gasteiger partial charge in [0, 0.05) is 10.6 Å². The molecule has 1 aliphatic rings. The molecule has 0 fully saturated rings. The lowest BCUT2D eigenvalue weighted by atomic mass is 9.89. The third-order valence-electron chi connectivity index (χ3n) is 4.71. The standard InChI is InChI=1S/C19H19FN2O2S2/c1-11-6-7-12-15(10-11)26-17-16(12)18(24)22(19(21-17)25-9-8-23)14-5-3-2-4-13(14)20/h2-5,11,23H,6-10H2,1H3/t11-/m1/s1. The van der Waals surface area contributed by atoms with Crippen LogP contribution >= 0.6 is 23.1 Å². The zero-order valence-corrected chi connectivity index (χ0v) is 16.0. The lowest BCUT2D eigenvalue weighted by molar-refractivity contribution is 0.322. The van der Waals surface area contributed by atoms with Gasteiger partial charge < -0.3 is 5.11 Å². The van der Waals surface area contributed by atoms with E-state index >= 15 is 0 Å². The summed E-state index contributed by atoms with van der Waals surface area (Å²) in [5.41, 5.74) is 1.08. The number of nitrogens with zero attached hydrogens (tertiary/aromatic N) is 2. The van der Waals surface area contributed by atoms with E-state index in [0.717, 1.165) is 29.7 Å². The molecule has 1 atom stereocenters. The highest BCUT2D eigenvalue weighted by molar-refractivity contribution is 7.99. The van der Waals surface area contributed by atoms with E-state index in [1.807, 2.05) is 0 Å². The normalized spacial score (nSPS) is 16.8. The molecular formula is C19H19FN2O2S2. The van der Waals surface area contributed by atoms with Crippen LogP contribution in [-0.2, 0) is 12.8 Å². The van der Waals surface area contributed by atoms with Crippen molar-refractivity contribution >= 4 is 33.3 Å². The van der Waals surface area contributed by atoms with Gasteiger partial charge in [0.05, 0.1) is 17.7 Å². The molecule has 26 heavy (non-hydrogen) atoms. The van der Waals surface area contributed by atoms with Crippen LogP contribution in [0, 0.1) is 11.7 Å². The van der Waals surface area contributed by atoms with E-state index in [2.05, 4.69) is 11.9 Å². The molecule has 0 saturated carbocycles. The molecule has 4 nitrogen and oxygen atoms in total. The van der Waals surface area contributed by atoms with Gasteiger partial charge in [-0.25, -0.2) is 9.37 Å². The maximum Gasteiger partial charge on any atom is 0.267 e. The van der Waals surface area contributed by atoms with Crippen molar-refractivity contribution in [3.05, 3.63) is 50.9 Å². The van der Waals surface area contributed by atoms with E-state index in [1.165, 1.54) is 27.3 Å². The van der Waals surface area contributed by atoms with Crippen LogP contribution in [0.25, 0.3) is 15.9 Å². The largest absolute Gasteiger partial charge is 0.396 e. The van der Waals surface area contributed by atoms with Crippen LogP contribution in [0.2, 0.25) is 0 Å². The highest BCUT2D eigenvalue weighted by atomic mass is 32.2. The average molecular weight is 391 g/mol. The Bertz CT molecular complexity index is 1030. The maximum absolute atomic E-state index is 14.4. The van der Waals surface area contributed by atoms with Gasteiger partial charge in [-0.15, -0.1) is 11.3 Å². The Morgan fingerprint density at radius 1 is 1.42 bits per heavy atom. The van der Waals surface area contributed by atoms with E-state index in [-0.39, 0.29) is 17.9 Å². The van der Waals surface area contributed by atoms with Crippen LogP contribution in [0.1, 0.15) is 23.8 Å². The summed E-state index contributed by atoms with van der Waals surface area (Å²) in [6.07, 6.45) is 2.89. The molecule has 1 aromatic carbocycles. The van der Waals surface area contributed by atoms with Crippen molar-refractivity contribution < 1.29 is 9.50 Å². The number of aliphatic hydroxyl groups excluding tert-OH is 1. The Kier molecular flexibility index (Phi) is 4.86. The number of halogens is 1. The molecule has 2 aromatic heterocycles. The van der Waals surface area contributed by atoms with E-state index in [9.17, 15) is 14.3 Å².